The molecular formula is C12H12Br2N4OS. The second kappa shape index (κ2) is 6.73. The van der Waals surface area contributed by atoms with Crippen molar-refractivity contribution in [2.75, 3.05) is 5.32 Å². The SMILES string of the molecule is CCc1nnc(NC(=O)c2cc(Br)c(Br)s2)nc1CC. The van der Waals surface area contributed by atoms with E-state index in [2.05, 4.69) is 52.4 Å². The number of hydrogen-bond acceptors (Lipinski definition) is 5. The van der Waals surface area contributed by atoms with Crippen LogP contribution in [0.3, 0.4) is 0 Å². The van der Waals surface area contributed by atoms with Crippen LogP contribution in [0.25, 0.3) is 0 Å². The van der Waals surface area contributed by atoms with Gasteiger partial charge in [-0.1, -0.05) is 13.8 Å². The van der Waals surface area contributed by atoms with E-state index in [1.165, 1.54) is 11.3 Å². The van der Waals surface area contributed by atoms with Gasteiger partial charge >= 0.3 is 0 Å². The first-order valence-electron chi connectivity index (χ1n) is 6.03. The van der Waals surface area contributed by atoms with E-state index in [9.17, 15) is 4.79 Å². The second-order valence-corrected chi connectivity index (χ2v) is 7.15. The van der Waals surface area contributed by atoms with E-state index in [-0.39, 0.29) is 11.9 Å². The fourth-order valence-corrected chi connectivity index (χ4v) is 3.54. The fourth-order valence-electron chi connectivity index (χ4n) is 1.61. The molecule has 2 heterocycles. The van der Waals surface area contributed by atoms with Crippen molar-refractivity contribution >= 4 is 55.1 Å². The van der Waals surface area contributed by atoms with Crippen LogP contribution in [0.15, 0.2) is 14.3 Å². The van der Waals surface area contributed by atoms with Gasteiger partial charge in [-0.2, -0.15) is 0 Å². The molecule has 0 bridgehead atoms. The van der Waals surface area contributed by atoms with Crippen molar-refractivity contribution in [1.29, 1.82) is 0 Å². The molecule has 20 heavy (non-hydrogen) atoms. The third-order valence-corrected chi connectivity index (χ3v) is 5.86. The molecule has 0 radical (unpaired) electrons. The van der Waals surface area contributed by atoms with Gasteiger partial charge in [-0.05, 0) is 50.8 Å². The van der Waals surface area contributed by atoms with Gasteiger partial charge in [0, 0.05) is 4.47 Å². The molecule has 1 amide bonds. The molecule has 0 saturated carbocycles. The molecule has 0 unspecified atom stereocenters. The Kier molecular flexibility index (Phi) is 5.22. The van der Waals surface area contributed by atoms with E-state index in [1.807, 2.05) is 13.8 Å². The lowest BCUT2D eigenvalue weighted by Gasteiger charge is -2.06. The van der Waals surface area contributed by atoms with E-state index >= 15 is 0 Å². The Balaban J connectivity index is 2.19. The predicted molar refractivity (Wildman–Crippen MR) is 86.3 cm³/mol. The molecule has 2 rings (SSSR count). The van der Waals surface area contributed by atoms with Crippen molar-refractivity contribution in [1.82, 2.24) is 15.2 Å². The zero-order chi connectivity index (χ0) is 14.7. The molecule has 0 fully saturated rings. The molecule has 5 nitrogen and oxygen atoms in total. The summed E-state index contributed by atoms with van der Waals surface area (Å²) in [5.74, 6) is -0.000744. The van der Waals surface area contributed by atoms with Gasteiger partial charge in [-0.25, -0.2) is 4.98 Å². The zero-order valence-electron chi connectivity index (χ0n) is 10.9. The molecule has 106 valence electrons. The largest absolute Gasteiger partial charge is 0.288 e. The summed E-state index contributed by atoms with van der Waals surface area (Å²) in [5.41, 5.74) is 1.73. The molecule has 2 aromatic heterocycles. The number of halogens is 2. The van der Waals surface area contributed by atoms with Crippen molar-refractivity contribution in [2.45, 2.75) is 26.7 Å². The average molecular weight is 420 g/mol. The van der Waals surface area contributed by atoms with Gasteiger partial charge in [0.25, 0.3) is 5.91 Å². The van der Waals surface area contributed by atoms with Crippen LogP contribution in [0.5, 0.6) is 0 Å². The van der Waals surface area contributed by atoms with Gasteiger partial charge < -0.3 is 0 Å². The van der Waals surface area contributed by atoms with Crippen molar-refractivity contribution in [3.63, 3.8) is 0 Å². The standard InChI is InChI=1S/C12H12Br2N4OS/c1-3-7-8(4-2)17-18-12(15-7)16-11(19)9-5-6(13)10(14)20-9/h5H,3-4H2,1-2H3,(H,15,16,18,19). The Hall–Kier alpha value is -0.860. The summed E-state index contributed by atoms with van der Waals surface area (Å²) in [6.45, 7) is 4.01. The van der Waals surface area contributed by atoms with Crippen LogP contribution in [0.2, 0.25) is 0 Å². The van der Waals surface area contributed by atoms with Crippen LogP contribution in [-0.2, 0) is 12.8 Å². The smallest absolute Gasteiger partial charge is 0.268 e. The van der Waals surface area contributed by atoms with Gasteiger partial charge in [0.2, 0.25) is 5.95 Å². The molecule has 0 saturated heterocycles. The topological polar surface area (TPSA) is 67.8 Å². The maximum Gasteiger partial charge on any atom is 0.268 e. The van der Waals surface area contributed by atoms with Crippen LogP contribution in [0.1, 0.15) is 34.9 Å². The fraction of sp³-hybridized carbons (Fsp3) is 0.333. The molecule has 0 aromatic carbocycles. The van der Waals surface area contributed by atoms with E-state index in [4.69, 9.17) is 0 Å². The molecule has 0 aliphatic rings. The minimum atomic E-state index is -0.241. The van der Waals surface area contributed by atoms with Crippen LogP contribution < -0.4 is 5.32 Å². The highest BCUT2D eigenvalue weighted by atomic mass is 79.9. The lowest BCUT2D eigenvalue weighted by Crippen LogP contribution is -2.15. The number of carbonyl (C=O) groups is 1. The van der Waals surface area contributed by atoms with Crippen LogP contribution in [0, 0.1) is 0 Å². The molecule has 0 aliphatic carbocycles. The number of aryl methyl sites for hydroxylation is 2. The molecule has 0 atom stereocenters. The number of rotatable bonds is 4. The molecule has 1 N–H and O–H groups in total. The molecular weight excluding hydrogens is 408 g/mol. The number of nitrogens with zero attached hydrogens (tertiary/aromatic N) is 3. The Morgan fingerprint density at radius 2 is 1.95 bits per heavy atom. The average Bonchev–Trinajstić information content (AvgIpc) is 2.78. The third-order valence-electron chi connectivity index (χ3n) is 2.60. The number of hydrogen-bond donors (Lipinski definition) is 1. The maximum absolute atomic E-state index is 12.1. The van der Waals surface area contributed by atoms with Crippen LogP contribution in [-0.4, -0.2) is 21.1 Å². The first-order valence-corrected chi connectivity index (χ1v) is 8.44. The molecule has 0 spiro atoms. The van der Waals surface area contributed by atoms with Crippen molar-refractivity contribution in [3.8, 4) is 0 Å². The highest BCUT2D eigenvalue weighted by molar-refractivity contribution is 9.13. The Morgan fingerprint density at radius 1 is 1.25 bits per heavy atom. The van der Waals surface area contributed by atoms with Crippen LogP contribution in [0.4, 0.5) is 5.95 Å². The highest BCUT2D eigenvalue weighted by Crippen LogP contribution is 2.32. The Labute approximate surface area is 137 Å². The molecule has 8 heteroatoms. The first kappa shape index (κ1) is 15.5. The first-order chi connectivity index (χ1) is 9.55. The third kappa shape index (κ3) is 3.42. The van der Waals surface area contributed by atoms with Gasteiger partial charge in [0.15, 0.2) is 0 Å². The zero-order valence-corrected chi connectivity index (χ0v) is 14.9. The number of nitrogens with one attached hydrogen (secondary N) is 1. The summed E-state index contributed by atoms with van der Waals surface area (Å²) in [6.07, 6.45) is 1.54. The summed E-state index contributed by atoms with van der Waals surface area (Å²) < 4.78 is 1.72. The van der Waals surface area contributed by atoms with Gasteiger partial charge in [-0.3, -0.25) is 10.1 Å². The second-order valence-electron chi connectivity index (χ2n) is 3.92. The van der Waals surface area contributed by atoms with E-state index < -0.39 is 0 Å². The lowest BCUT2D eigenvalue weighted by atomic mass is 10.2. The van der Waals surface area contributed by atoms with Crippen molar-refractivity contribution < 1.29 is 4.79 Å². The van der Waals surface area contributed by atoms with Crippen molar-refractivity contribution in [3.05, 3.63) is 30.6 Å². The van der Waals surface area contributed by atoms with Gasteiger partial charge in [-0.15, -0.1) is 21.5 Å². The summed E-state index contributed by atoms with van der Waals surface area (Å²) in [4.78, 5) is 17.0. The minimum absolute atomic E-state index is 0.240. The number of amides is 1. The molecule has 2 aromatic rings. The summed E-state index contributed by atoms with van der Waals surface area (Å²) in [6, 6.07) is 1.75. The van der Waals surface area contributed by atoms with Crippen molar-refractivity contribution in [2.24, 2.45) is 0 Å². The quantitative estimate of drug-likeness (QED) is 0.817. The Morgan fingerprint density at radius 3 is 2.50 bits per heavy atom. The van der Waals surface area contributed by atoms with Gasteiger partial charge in [0.05, 0.1) is 20.1 Å². The highest BCUT2D eigenvalue weighted by Gasteiger charge is 2.14. The lowest BCUT2D eigenvalue weighted by molar-refractivity contribution is 0.102. The predicted octanol–water partition coefficient (Wildman–Crippen LogP) is 3.84. The number of thiophene rings is 1. The summed E-state index contributed by atoms with van der Waals surface area (Å²) in [7, 11) is 0. The maximum atomic E-state index is 12.1. The van der Waals surface area contributed by atoms with E-state index in [1.54, 1.807) is 6.07 Å². The van der Waals surface area contributed by atoms with E-state index in [0.717, 1.165) is 32.5 Å². The number of aromatic nitrogens is 3. The molecule has 0 aliphatic heterocycles. The Bertz CT molecular complexity index is 625. The summed E-state index contributed by atoms with van der Waals surface area (Å²) in [5, 5.41) is 10.7. The normalized spacial score (nSPS) is 10.6. The van der Waals surface area contributed by atoms with Crippen LogP contribution >= 0.6 is 43.2 Å². The van der Waals surface area contributed by atoms with E-state index in [0.29, 0.717) is 4.88 Å². The number of anilines is 1. The minimum Gasteiger partial charge on any atom is -0.288 e. The number of carbonyl (C=O) groups excluding carboxylic acids is 1. The summed E-state index contributed by atoms with van der Waals surface area (Å²) >= 11 is 8.05. The monoisotopic (exact) mass is 418 g/mol. The van der Waals surface area contributed by atoms with Gasteiger partial charge in [0.1, 0.15) is 0 Å².